The van der Waals surface area contributed by atoms with E-state index in [4.69, 9.17) is 4.74 Å². The number of rotatable bonds is 10. The van der Waals surface area contributed by atoms with Gasteiger partial charge in [0.05, 0.1) is 7.11 Å². The second kappa shape index (κ2) is 9.80. The first-order chi connectivity index (χ1) is 10.2. The average molecular weight is 292 g/mol. The van der Waals surface area contributed by atoms with Gasteiger partial charge in [0.25, 0.3) is 0 Å². The van der Waals surface area contributed by atoms with Crippen molar-refractivity contribution >= 4 is 0 Å². The summed E-state index contributed by atoms with van der Waals surface area (Å²) in [6.45, 7) is 13.1. The highest BCUT2D eigenvalue weighted by Crippen LogP contribution is 2.24. The monoisotopic (exact) mass is 292 g/mol. The van der Waals surface area contributed by atoms with Crippen molar-refractivity contribution in [1.82, 2.24) is 10.2 Å². The largest absolute Gasteiger partial charge is 0.496 e. The molecule has 0 heterocycles. The molecule has 0 saturated heterocycles. The van der Waals surface area contributed by atoms with Gasteiger partial charge in [0.2, 0.25) is 0 Å². The van der Waals surface area contributed by atoms with Gasteiger partial charge in [-0.15, -0.1) is 0 Å². The molecule has 120 valence electrons. The number of methoxy groups -OCH3 is 1. The van der Waals surface area contributed by atoms with E-state index in [-0.39, 0.29) is 0 Å². The van der Waals surface area contributed by atoms with Gasteiger partial charge in [-0.05, 0) is 57.1 Å². The highest BCUT2D eigenvalue weighted by Gasteiger charge is 2.11. The van der Waals surface area contributed by atoms with E-state index >= 15 is 0 Å². The molecular formula is C18H32N2O. The van der Waals surface area contributed by atoms with E-state index in [0.717, 1.165) is 38.3 Å². The lowest BCUT2D eigenvalue weighted by molar-refractivity contribution is 0.275. The highest BCUT2D eigenvalue weighted by atomic mass is 16.5. The molecule has 1 aromatic carbocycles. The molecule has 21 heavy (non-hydrogen) atoms. The van der Waals surface area contributed by atoms with Crippen LogP contribution in [0, 0.1) is 0 Å². The Labute approximate surface area is 130 Å². The van der Waals surface area contributed by atoms with Crippen molar-refractivity contribution in [2.24, 2.45) is 0 Å². The molecule has 0 bridgehead atoms. The van der Waals surface area contributed by atoms with Crippen LogP contribution in [0.3, 0.4) is 0 Å². The molecule has 3 nitrogen and oxygen atoms in total. The molecule has 3 heteroatoms. The Hall–Kier alpha value is -1.06. The summed E-state index contributed by atoms with van der Waals surface area (Å²) < 4.78 is 5.54. The zero-order chi connectivity index (χ0) is 15.7. The summed E-state index contributed by atoms with van der Waals surface area (Å²) >= 11 is 0. The third-order valence-corrected chi connectivity index (χ3v) is 3.89. The van der Waals surface area contributed by atoms with E-state index in [0.29, 0.717) is 6.04 Å². The normalized spacial score (nSPS) is 12.7. The quantitative estimate of drug-likeness (QED) is 0.706. The molecule has 0 aliphatic carbocycles. The molecular weight excluding hydrogens is 260 g/mol. The van der Waals surface area contributed by atoms with Crippen molar-refractivity contribution in [3.63, 3.8) is 0 Å². The minimum Gasteiger partial charge on any atom is -0.496 e. The van der Waals surface area contributed by atoms with Crippen LogP contribution in [0.25, 0.3) is 0 Å². The number of nitrogens with zero attached hydrogens (tertiary/aromatic N) is 1. The van der Waals surface area contributed by atoms with Gasteiger partial charge in [0.1, 0.15) is 5.75 Å². The summed E-state index contributed by atoms with van der Waals surface area (Å²) in [5, 5.41) is 3.55. The van der Waals surface area contributed by atoms with Crippen LogP contribution in [0.5, 0.6) is 5.75 Å². The average Bonchev–Trinajstić information content (AvgIpc) is 2.51. The van der Waals surface area contributed by atoms with Crippen molar-refractivity contribution < 1.29 is 4.74 Å². The maximum Gasteiger partial charge on any atom is 0.123 e. The van der Waals surface area contributed by atoms with Gasteiger partial charge < -0.3 is 10.1 Å². The number of hydrogen-bond donors (Lipinski definition) is 1. The fourth-order valence-corrected chi connectivity index (χ4v) is 2.58. The van der Waals surface area contributed by atoms with Gasteiger partial charge in [-0.2, -0.15) is 0 Å². The molecule has 1 N–H and O–H groups in total. The van der Waals surface area contributed by atoms with E-state index in [9.17, 15) is 0 Å². The van der Waals surface area contributed by atoms with Gasteiger partial charge >= 0.3 is 0 Å². The van der Waals surface area contributed by atoms with Crippen LogP contribution in [-0.4, -0.2) is 31.6 Å². The summed E-state index contributed by atoms with van der Waals surface area (Å²) in [5.74, 6) is 0.996. The highest BCUT2D eigenvalue weighted by molar-refractivity contribution is 5.38. The molecule has 1 rings (SSSR count). The number of hydrogen-bond acceptors (Lipinski definition) is 3. The maximum atomic E-state index is 5.54. The summed E-state index contributed by atoms with van der Waals surface area (Å²) in [6, 6.07) is 6.96. The van der Waals surface area contributed by atoms with E-state index in [2.05, 4.69) is 56.1 Å². The summed E-state index contributed by atoms with van der Waals surface area (Å²) in [4.78, 5) is 2.46. The van der Waals surface area contributed by atoms with Crippen LogP contribution in [0.4, 0.5) is 0 Å². The van der Waals surface area contributed by atoms with Gasteiger partial charge in [-0.3, -0.25) is 4.90 Å². The van der Waals surface area contributed by atoms with Crippen LogP contribution >= 0.6 is 0 Å². The molecule has 0 aromatic heterocycles. The fraction of sp³-hybridized carbons (Fsp3) is 0.667. The third-order valence-electron chi connectivity index (χ3n) is 3.89. The second-order valence-corrected chi connectivity index (χ2v) is 5.62. The Balaban J connectivity index is 2.88. The maximum absolute atomic E-state index is 5.54. The van der Waals surface area contributed by atoms with Crippen LogP contribution in [0.15, 0.2) is 18.2 Å². The molecule has 0 saturated carbocycles. The number of nitrogens with one attached hydrogen (secondary N) is 1. The minimum absolute atomic E-state index is 0.385. The summed E-state index contributed by atoms with van der Waals surface area (Å²) in [7, 11) is 1.76. The Kier molecular flexibility index (Phi) is 8.40. The number of ether oxygens (including phenoxy) is 1. The lowest BCUT2D eigenvalue weighted by Gasteiger charge is -2.22. The van der Waals surface area contributed by atoms with Crippen LogP contribution < -0.4 is 10.1 Å². The van der Waals surface area contributed by atoms with E-state index in [1.54, 1.807) is 7.11 Å². The van der Waals surface area contributed by atoms with Crippen molar-refractivity contribution in [2.75, 3.05) is 26.7 Å². The standard InChI is InChI=1S/C18H32N2O/c1-6-11-19-15(4)16-9-10-18(21-5)17(13-16)14-20(8-3)12-7-2/h9-10,13,15,19H,6-8,11-12,14H2,1-5H3. The first-order valence-corrected chi connectivity index (χ1v) is 8.28. The van der Waals surface area contributed by atoms with Crippen molar-refractivity contribution in [1.29, 1.82) is 0 Å². The van der Waals surface area contributed by atoms with E-state index < -0.39 is 0 Å². The van der Waals surface area contributed by atoms with Gasteiger partial charge in [0.15, 0.2) is 0 Å². The SMILES string of the molecule is CCCNC(C)c1ccc(OC)c(CN(CC)CCC)c1. The fourth-order valence-electron chi connectivity index (χ4n) is 2.58. The first kappa shape index (κ1) is 18.0. The Morgan fingerprint density at radius 2 is 1.95 bits per heavy atom. The lowest BCUT2D eigenvalue weighted by atomic mass is 10.0. The van der Waals surface area contributed by atoms with Crippen LogP contribution in [0.2, 0.25) is 0 Å². The van der Waals surface area contributed by atoms with Gasteiger partial charge in [-0.25, -0.2) is 0 Å². The molecule has 1 aromatic rings. The molecule has 1 atom stereocenters. The molecule has 1 unspecified atom stereocenters. The van der Waals surface area contributed by atoms with E-state index in [1.165, 1.54) is 17.5 Å². The number of benzene rings is 1. The molecule has 0 fully saturated rings. The molecule has 0 spiro atoms. The molecule has 0 amide bonds. The lowest BCUT2D eigenvalue weighted by Crippen LogP contribution is -2.24. The zero-order valence-corrected chi connectivity index (χ0v) is 14.4. The van der Waals surface area contributed by atoms with Crippen LogP contribution in [-0.2, 0) is 6.54 Å². The van der Waals surface area contributed by atoms with Gasteiger partial charge in [0, 0.05) is 18.2 Å². The van der Waals surface area contributed by atoms with Crippen LogP contribution in [0.1, 0.15) is 57.7 Å². The molecule has 0 aliphatic rings. The minimum atomic E-state index is 0.385. The summed E-state index contributed by atoms with van der Waals surface area (Å²) in [6.07, 6.45) is 2.35. The molecule has 0 aliphatic heterocycles. The zero-order valence-electron chi connectivity index (χ0n) is 14.4. The third kappa shape index (κ3) is 5.68. The topological polar surface area (TPSA) is 24.5 Å². The Morgan fingerprint density at radius 3 is 2.52 bits per heavy atom. The predicted octanol–water partition coefficient (Wildman–Crippen LogP) is 3.99. The molecule has 0 radical (unpaired) electrons. The predicted molar refractivity (Wildman–Crippen MR) is 90.9 cm³/mol. The second-order valence-electron chi connectivity index (χ2n) is 5.62. The van der Waals surface area contributed by atoms with Gasteiger partial charge in [-0.1, -0.05) is 26.8 Å². The van der Waals surface area contributed by atoms with Crippen molar-refractivity contribution in [3.05, 3.63) is 29.3 Å². The Morgan fingerprint density at radius 1 is 1.19 bits per heavy atom. The van der Waals surface area contributed by atoms with E-state index in [1.807, 2.05) is 0 Å². The summed E-state index contributed by atoms with van der Waals surface area (Å²) in [5.41, 5.74) is 2.63. The smallest absolute Gasteiger partial charge is 0.123 e. The Bertz CT molecular complexity index is 406. The van der Waals surface area contributed by atoms with Crippen molar-refractivity contribution in [2.45, 2.75) is 53.1 Å². The van der Waals surface area contributed by atoms with Crippen molar-refractivity contribution in [3.8, 4) is 5.75 Å². The first-order valence-electron chi connectivity index (χ1n) is 8.28.